The molecule has 0 aliphatic rings. The number of carbonyl (C=O) groups is 1. The minimum atomic E-state index is -0.461. The lowest BCUT2D eigenvalue weighted by molar-refractivity contribution is 0.101. The van der Waals surface area contributed by atoms with Gasteiger partial charge in [0.05, 0.1) is 6.10 Å². The predicted molar refractivity (Wildman–Crippen MR) is 64.6 cm³/mol. The Morgan fingerprint density at radius 1 is 1.12 bits per heavy atom. The number of hydrogen-bond donors (Lipinski definition) is 1. The van der Waals surface area contributed by atoms with Gasteiger partial charge in [-0.25, -0.2) is 0 Å². The van der Waals surface area contributed by atoms with Crippen LogP contribution < -0.4 is 0 Å². The van der Waals surface area contributed by atoms with Gasteiger partial charge in [0.15, 0.2) is 5.78 Å². The summed E-state index contributed by atoms with van der Waals surface area (Å²) in [5.74, 6) is 0.0708. The highest BCUT2D eigenvalue weighted by Crippen LogP contribution is 2.21. The molecule has 0 aliphatic carbocycles. The van der Waals surface area contributed by atoms with Crippen molar-refractivity contribution in [3.05, 3.63) is 47.5 Å². The fraction of sp³-hybridized carbons (Fsp3) is 0.214. The second-order valence-corrected chi connectivity index (χ2v) is 4.05. The topological polar surface area (TPSA) is 37.3 Å². The molecule has 1 unspecified atom stereocenters. The van der Waals surface area contributed by atoms with Crippen LogP contribution in [0.25, 0.3) is 10.8 Å². The van der Waals surface area contributed by atoms with E-state index in [2.05, 4.69) is 0 Å². The fourth-order valence-corrected chi connectivity index (χ4v) is 1.74. The Bertz CT molecular complexity index is 541. The summed E-state index contributed by atoms with van der Waals surface area (Å²) in [5, 5.41) is 11.5. The highest BCUT2D eigenvalue weighted by Gasteiger charge is 2.04. The molecule has 0 spiro atoms. The van der Waals surface area contributed by atoms with E-state index in [-0.39, 0.29) is 5.78 Å². The van der Waals surface area contributed by atoms with Crippen LogP contribution in [0.4, 0.5) is 0 Å². The van der Waals surface area contributed by atoms with Crippen LogP contribution >= 0.6 is 0 Å². The van der Waals surface area contributed by atoms with E-state index in [0.717, 1.165) is 21.9 Å². The summed E-state index contributed by atoms with van der Waals surface area (Å²) in [4.78, 5) is 11.2. The molecule has 0 amide bonds. The number of hydrogen-bond acceptors (Lipinski definition) is 2. The third-order valence-corrected chi connectivity index (χ3v) is 2.75. The summed E-state index contributed by atoms with van der Waals surface area (Å²) in [5.41, 5.74) is 1.61. The molecule has 0 heterocycles. The molecule has 2 rings (SSSR count). The minimum Gasteiger partial charge on any atom is -0.389 e. The van der Waals surface area contributed by atoms with Gasteiger partial charge in [-0.2, -0.15) is 0 Å². The molecule has 0 bridgehead atoms. The largest absolute Gasteiger partial charge is 0.389 e. The van der Waals surface area contributed by atoms with E-state index in [1.165, 1.54) is 0 Å². The van der Waals surface area contributed by atoms with Crippen LogP contribution in [0, 0.1) is 0 Å². The molecule has 0 aromatic heterocycles. The first kappa shape index (κ1) is 10.8. The first-order valence-electron chi connectivity index (χ1n) is 5.30. The Balaban J connectivity index is 2.57. The van der Waals surface area contributed by atoms with Crippen molar-refractivity contribution in [1.29, 1.82) is 0 Å². The average molecular weight is 214 g/mol. The van der Waals surface area contributed by atoms with E-state index >= 15 is 0 Å². The SMILES string of the molecule is CC(=O)c1ccc2cc(C(C)O)ccc2c1. The van der Waals surface area contributed by atoms with Crippen LogP contribution in [-0.2, 0) is 0 Å². The standard InChI is InChI=1S/C14H14O2/c1-9(15)11-3-5-14-8-12(10(2)16)4-6-13(14)7-11/h3-9,15H,1-2H3. The van der Waals surface area contributed by atoms with E-state index in [0.29, 0.717) is 0 Å². The maximum absolute atomic E-state index is 11.2. The molecule has 82 valence electrons. The molecule has 2 aromatic rings. The van der Waals surface area contributed by atoms with Crippen LogP contribution in [0.5, 0.6) is 0 Å². The lowest BCUT2D eigenvalue weighted by Crippen LogP contribution is -1.93. The fourth-order valence-electron chi connectivity index (χ4n) is 1.74. The molecule has 16 heavy (non-hydrogen) atoms. The van der Waals surface area contributed by atoms with E-state index in [1.54, 1.807) is 13.8 Å². The second kappa shape index (κ2) is 4.06. The molecule has 1 N–H and O–H groups in total. The summed E-state index contributed by atoms with van der Waals surface area (Å²) >= 11 is 0. The molecule has 1 atom stereocenters. The highest BCUT2D eigenvalue weighted by molar-refractivity contribution is 5.98. The van der Waals surface area contributed by atoms with Crippen LogP contribution in [0.3, 0.4) is 0 Å². The van der Waals surface area contributed by atoms with Gasteiger partial charge in [-0.15, -0.1) is 0 Å². The van der Waals surface area contributed by atoms with Crippen molar-refractivity contribution in [3.63, 3.8) is 0 Å². The first-order valence-corrected chi connectivity index (χ1v) is 5.30. The molecule has 2 heteroatoms. The number of carbonyl (C=O) groups excluding carboxylic acids is 1. The van der Waals surface area contributed by atoms with Gasteiger partial charge in [-0.1, -0.05) is 24.3 Å². The van der Waals surface area contributed by atoms with E-state index in [1.807, 2.05) is 36.4 Å². The molecule has 0 saturated heterocycles. The smallest absolute Gasteiger partial charge is 0.159 e. The monoisotopic (exact) mass is 214 g/mol. The van der Waals surface area contributed by atoms with Crippen LogP contribution in [-0.4, -0.2) is 10.9 Å². The summed E-state index contributed by atoms with van der Waals surface area (Å²) in [7, 11) is 0. The molecular weight excluding hydrogens is 200 g/mol. The van der Waals surface area contributed by atoms with E-state index < -0.39 is 6.10 Å². The van der Waals surface area contributed by atoms with Gasteiger partial charge < -0.3 is 5.11 Å². The number of rotatable bonds is 2. The van der Waals surface area contributed by atoms with Gasteiger partial charge in [0.1, 0.15) is 0 Å². The predicted octanol–water partition coefficient (Wildman–Crippen LogP) is 3.10. The van der Waals surface area contributed by atoms with Crippen LogP contribution in [0.2, 0.25) is 0 Å². The van der Waals surface area contributed by atoms with Crippen LogP contribution in [0.1, 0.15) is 35.9 Å². The van der Waals surface area contributed by atoms with Gasteiger partial charge in [-0.3, -0.25) is 4.79 Å². The van der Waals surface area contributed by atoms with Crippen molar-refractivity contribution in [3.8, 4) is 0 Å². The molecule has 0 saturated carbocycles. The zero-order valence-corrected chi connectivity index (χ0v) is 9.40. The molecule has 0 fully saturated rings. The van der Waals surface area contributed by atoms with Gasteiger partial charge >= 0.3 is 0 Å². The molecule has 2 aromatic carbocycles. The Morgan fingerprint density at radius 3 is 2.38 bits per heavy atom. The van der Waals surface area contributed by atoms with Crippen molar-refractivity contribution in [1.82, 2.24) is 0 Å². The summed E-state index contributed by atoms with van der Waals surface area (Å²) in [6, 6.07) is 11.4. The quantitative estimate of drug-likeness (QED) is 0.780. The normalized spacial score (nSPS) is 12.7. The molecule has 0 radical (unpaired) electrons. The van der Waals surface area contributed by atoms with Gasteiger partial charge in [-0.05, 0) is 42.3 Å². The van der Waals surface area contributed by atoms with Gasteiger partial charge in [0.25, 0.3) is 0 Å². The number of ketones is 1. The first-order chi connectivity index (χ1) is 7.58. The average Bonchev–Trinajstić information content (AvgIpc) is 2.27. The van der Waals surface area contributed by atoms with E-state index in [4.69, 9.17) is 0 Å². The van der Waals surface area contributed by atoms with Crippen molar-refractivity contribution in [2.75, 3.05) is 0 Å². The number of Topliss-reactive ketones (excluding diaryl/α,β-unsaturated/α-hetero) is 1. The number of aliphatic hydroxyl groups excluding tert-OH is 1. The zero-order valence-electron chi connectivity index (χ0n) is 9.40. The molecule has 2 nitrogen and oxygen atoms in total. The molecular formula is C14H14O2. The van der Waals surface area contributed by atoms with Crippen molar-refractivity contribution < 1.29 is 9.90 Å². The third kappa shape index (κ3) is 1.97. The zero-order chi connectivity index (χ0) is 11.7. The highest BCUT2D eigenvalue weighted by atomic mass is 16.3. The Kier molecular flexibility index (Phi) is 2.75. The lowest BCUT2D eigenvalue weighted by Gasteiger charge is -2.06. The summed E-state index contributed by atoms with van der Waals surface area (Å²) in [6.45, 7) is 3.30. The summed E-state index contributed by atoms with van der Waals surface area (Å²) < 4.78 is 0. The Morgan fingerprint density at radius 2 is 1.75 bits per heavy atom. The van der Waals surface area contributed by atoms with E-state index in [9.17, 15) is 9.90 Å². The summed E-state index contributed by atoms with van der Waals surface area (Å²) in [6.07, 6.45) is -0.461. The second-order valence-electron chi connectivity index (χ2n) is 4.05. The third-order valence-electron chi connectivity index (χ3n) is 2.75. The number of aliphatic hydroxyl groups is 1. The van der Waals surface area contributed by atoms with Crippen molar-refractivity contribution in [2.45, 2.75) is 20.0 Å². The minimum absolute atomic E-state index is 0.0708. The van der Waals surface area contributed by atoms with Crippen LogP contribution in [0.15, 0.2) is 36.4 Å². The Labute approximate surface area is 94.5 Å². The lowest BCUT2D eigenvalue weighted by atomic mass is 10.0. The van der Waals surface area contributed by atoms with Gasteiger partial charge in [0, 0.05) is 5.56 Å². The van der Waals surface area contributed by atoms with Crippen molar-refractivity contribution in [2.24, 2.45) is 0 Å². The Hall–Kier alpha value is -1.67. The van der Waals surface area contributed by atoms with Crippen molar-refractivity contribution >= 4 is 16.6 Å². The maximum Gasteiger partial charge on any atom is 0.159 e. The van der Waals surface area contributed by atoms with Gasteiger partial charge in [0.2, 0.25) is 0 Å². The number of benzene rings is 2. The maximum atomic E-state index is 11.2. The number of fused-ring (bicyclic) bond motifs is 1. The molecule has 0 aliphatic heterocycles.